The van der Waals surface area contributed by atoms with Crippen LogP contribution in [-0.2, 0) is 14.4 Å². The molecule has 0 aromatic heterocycles. The van der Waals surface area contributed by atoms with E-state index in [9.17, 15) is 14.4 Å². The summed E-state index contributed by atoms with van der Waals surface area (Å²) in [4.78, 5) is 38.0. The molecule has 1 aliphatic rings. The van der Waals surface area contributed by atoms with Crippen LogP contribution in [0.5, 0.6) is 0 Å². The highest BCUT2D eigenvalue weighted by molar-refractivity contribution is 6.30. The average molecular weight is 372 g/mol. The van der Waals surface area contributed by atoms with Gasteiger partial charge in [-0.05, 0) is 30.3 Å². The van der Waals surface area contributed by atoms with Gasteiger partial charge in [-0.1, -0.05) is 35.9 Å². The number of nitrogens with zero attached hydrogens (tertiary/aromatic N) is 1. The largest absolute Gasteiger partial charge is 0.347 e. The Labute approximate surface area is 156 Å². The van der Waals surface area contributed by atoms with E-state index in [1.54, 1.807) is 29.2 Å². The molecule has 1 saturated heterocycles. The van der Waals surface area contributed by atoms with Gasteiger partial charge in [-0.2, -0.15) is 0 Å². The number of nitrogens with one attached hydrogen (secondary N) is 2. The molecule has 0 radical (unpaired) electrons. The van der Waals surface area contributed by atoms with Gasteiger partial charge in [0.2, 0.25) is 17.7 Å². The van der Waals surface area contributed by atoms with Crippen molar-refractivity contribution in [3.8, 4) is 0 Å². The van der Waals surface area contributed by atoms with Crippen LogP contribution in [0.1, 0.15) is 6.42 Å². The molecule has 0 bridgehead atoms. The van der Waals surface area contributed by atoms with E-state index < -0.39 is 5.92 Å². The highest BCUT2D eigenvalue weighted by atomic mass is 35.5. The van der Waals surface area contributed by atoms with Gasteiger partial charge in [-0.15, -0.1) is 0 Å². The lowest BCUT2D eigenvalue weighted by Gasteiger charge is -2.16. The monoisotopic (exact) mass is 371 g/mol. The van der Waals surface area contributed by atoms with Crippen LogP contribution in [0.25, 0.3) is 0 Å². The second-order valence-corrected chi connectivity index (χ2v) is 6.45. The molecule has 134 valence electrons. The fourth-order valence-electron chi connectivity index (χ4n) is 2.82. The lowest BCUT2D eigenvalue weighted by atomic mass is 10.1. The third-order valence-electron chi connectivity index (χ3n) is 4.10. The maximum atomic E-state index is 12.3. The lowest BCUT2D eigenvalue weighted by molar-refractivity contribution is -0.127. The van der Waals surface area contributed by atoms with Gasteiger partial charge >= 0.3 is 0 Å². The van der Waals surface area contributed by atoms with Gasteiger partial charge in [0.25, 0.3) is 0 Å². The summed E-state index contributed by atoms with van der Waals surface area (Å²) in [7, 11) is 0. The molecule has 1 atom stereocenters. The summed E-state index contributed by atoms with van der Waals surface area (Å²) in [6.45, 7) is 0.145. The van der Waals surface area contributed by atoms with Crippen molar-refractivity contribution in [1.82, 2.24) is 5.32 Å². The fraction of sp³-hybridized carbons (Fsp3) is 0.211. The Morgan fingerprint density at radius 3 is 2.62 bits per heavy atom. The number of anilines is 2. The molecule has 1 fully saturated rings. The molecule has 26 heavy (non-hydrogen) atoms. The Morgan fingerprint density at radius 2 is 1.88 bits per heavy atom. The summed E-state index contributed by atoms with van der Waals surface area (Å²) in [5, 5.41) is 5.76. The molecule has 2 N–H and O–H groups in total. The van der Waals surface area contributed by atoms with Gasteiger partial charge in [-0.25, -0.2) is 0 Å². The zero-order valence-corrected chi connectivity index (χ0v) is 14.7. The molecule has 2 aromatic carbocycles. The maximum Gasteiger partial charge on any atom is 0.243 e. The Kier molecular flexibility index (Phi) is 5.53. The van der Waals surface area contributed by atoms with E-state index in [-0.39, 0.29) is 30.7 Å². The fourth-order valence-corrected chi connectivity index (χ4v) is 3.01. The number of rotatable bonds is 5. The van der Waals surface area contributed by atoms with Crippen LogP contribution >= 0.6 is 11.6 Å². The molecule has 3 rings (SSSR count). The molecule has 7 heteroatoms. The summed E-state index contributed by atoms with van der Waals surface area (Å²) in [5.74, 6) is -1.23. The number of carbonyl (C=O) groups is 3. The second kappa shape index (κ2) is 8.01. The van der Waals surface area contributed by atoms with Crippen LogP contribution in [-0.4, -0.2) is 30.8 Å². The number of halogens is 1. The molecule has 2 aromatic rings. The summed E-state index contributed by atoms with van der Waals surface area (Å²) < 4.78 is 0. The van der Waals surface area contributed by atoms with E-state index in [2.05, 4.69) is 10.6 Å². The van der Waals surface area contributed by atoms with Gasteiger partial charge in [0.15, 0.2) is 0 Å². The van der Waals surface area contributed by atoms with Crippen molar-refractivity contribution < 1.29 is 14.4 Å². The Hall–Kier alpha value is -2.86. The number of hydrogen-bond acceptors (Lipinski definition) is 3. The topological polar surface area (TPSA) is 78.5 Å². The van der Waals surface area contributed by atoms with Crippen LogP contribution in [0.15, 0.2) is 54.6 Å². The number of benzene rings is 2. The molecular formula is C19H18ClN3O3. The maximum absolute atomic E-state index is 12.3. The highest BCUT2D eigenvalue weighted by Crippen LogP contribution is 2.24. The van der Waals surface area contributed by atoms with Crippen LogP contribution in [0.3, 0.4) is 0 Å². The van der Waals surface area contributed by atoms with Crippen molar-refractivity contribution in [3.63, 3.8) is 0 Å². The number of carbonyl (C=O) groups excluding carboxylic acids is 3. The van der Waals surface area contributed by atoms with E-state index in [0.717, 1.165) is 5.69 Å². The third kappa shape index (κ3) is 4.40. The number of hydrogen-bond donors (Lipinski definition) is 2. The van der Waals surface area contributed by atoms with Crippen molar-refractivity contribution in [2.75, 3.05) is 23.3 Å². The third-order valence-corrected chi connectivity index (χ3v) is 4.33. The smallest absolute Gasteiger partial charge is 0.243 e. The van der Waals surface area contributed by atoms with E-state index in [4.69, 9.17) is 11.6 Å². The average Bonchev–Trinajstić information content (AvgIpc) is 3.02. The summed E-state index contributed by atoms with van der Waals surface area (Å²) in [5.41, 5.74) is 1.33. The van der Waals surface area contributed by atoms with Gasteiger partial charge in [0.1, 0.15) is 0 Å². The molecule has 3 amide bonds. The van der Waals surface area contributed by atoms with Crippen LogP contribution in [0.2, 0.25) is 5.02 Å². The first kappa shape index (κ1) is 17.9. The van der Waals surface area contributed by atoms with Gasteiger partial charge in [-0.3, -0.25) is 14.4 Å². The predicted molar refractivity (Wildman–Crippen MR) is 100.0 cm³/mol. The van der Waals surface area contributed by atoms with Crippen LogP contribution in [0.4, 0.5) is 11.4 Å². The first-order valence-electron chi connectivity index (χ1n) is 8.21. The van der Waals surface area contributed by atoms with E-state index in [1.165, 1.54) is 0 Å². The van der Waals surface area contributed by atoms with E-state index in [0.29, 0.717) is 17.3 Å². The minimum atomic E-state index is -0.471. The number of para-hydroxylation sites is 1. The SMILES string of the molecule is O=C(CNC(=O)[C@H]1CC(=O)N(c2ccccc2)C1)Nc1cccc(Cl)c1. The summed E-state index contributed by atoms with van der Waals surface area (Å²) >= 11 is 5.86. The molecule has 6 nitrogen and oxygen atoms in total. The molecule has 1 heterocycles. The highest BCUT2D eigenvalue weighted by Gasteiger charge is 2.35. The van der Waals surface area contributed by atoms with E-state index in [1.807, 2.05) is 30.3 Å². The van der Waals surface area contributed by atoms with E-state index >= 15 is 0 Å². The number of amides is 3. The Morgan fingerprint density at radius 1 is 1.12 bits per heavy atom. The van der Waals surface area contributed by atoms with Gasteiger partial charge in [0.05, 0.1) is 12.5 Å². The van der Waals surface area contributed by atoms with Crippen molar-refractivity contribution in [2.45, 2.75) is 6.42 Å². The Balaban J connectivity index is 1.51. The standard InChI is InChI=1S/C19H18ClN3O3/c20-14-5-4-6-15(10-14)22-17(24)11-21-19(26)13-9-18(25)23(12-13)16-7-2-1-3-8-16/h1-8,10,13H,9,11-12H2,(H,21,26)(H,22,24)/t13-/m0/s1. The molecule has 1 aliphatic heterocycles. The first-order valence-corrected chi connectivity index (χ1v) is 8.59. The molecule has 0 unspecified atom stereocenters. The minimum absolute atomic E-state index is 0.0975. The Bertz CT molecular complexity index is 826. The first-order chi connectivity index (χ1) is 12.5. The van der Waals surface area contributed by atoms with Crippen molar-refractivity contribution in [2.24, 2.45) is 5.92 Å². The molecule has 0 aliphatic carbocycles. The molecule has 0 saturated carbocycles. The van der Waals surface area contributed by atoms with Gasteiger partial charge < -0.3 is 15.5 Å². The summed E-state index contributed by atoms with van der Waals surface area (Å²) in [6.07, 6.45) is 0.136. The van der Waals surface area contributed by atoms with Crippen molar-refractivity contribution in [3.05, 3.63) is 59.6 Å². The van der Waals surface area contributed by atoms with Crippen molar-refractivity contribution >= 4 is 40.7 Å². The predicted octanol–water partition coefficient (Wildman–Crippen LogP) is 2.45. The molecular weight excluding hydrogens is 354 g/mol. The second-order valence-electron chi connectivity index (χ2n) is 6.02. The van der Waals surface area contributed by atoms with Crippen molar-refractivity contribution in [1.29, 1.82) is 0 Å². The zero-order valence-electron chi connectivity index (χ0n) is 13.9. The molecule has 0 spiro atoms. The van der Waals surface area contributed by atoms with Crippen LogP contribution in [0, 0.1) is 5.92 Å². The quantitative estimate of drug-likeness (QED) is 0.847. The minimum Gasteiger partial charge on any atom is -0.347 e. The van der Waals surface area contributed by atoms with Gasteiger partial charge in [0, 0.05) is 29.4 Å². The lowest BCUT2D eigenvalue weighted by Crippen LogP contribution is -2.37. The normalized spacial score (nSPS) is 16.4. The zero-order chi connectivity index (χ0) is 18.5. The van der Waals surface area contributed by atoms with Crippen LogP contribution < -0.4 is 15.5 Å². The summed E-state index contributed by atoms with van der Waals surface area (Å²) in [6, 6.07) is 16.0.